The largest absolute Gasteiger partial charge is 0.421 e. The number of hydrogen-bond acceptors (Lipinski definition) is 3. The van der Waals surface area contributed by atoms with Crippen LogP contribution in [0.3, 0.4) is 0 Å². The number of alkyl halides is 3. The standard InChI is InChI=1S/C20H13ClF3NO2/c21-16-9-2-4-11-18(16)27-19(26)15-8-1-3-10-17(15)25-14-7-5-6-13(12-14)20(22,23)24/h1-12,25H. The first-order valence-corrected chi connectivity index (χ1v) is 8.22. The van der Waals surface area contributed by atoms with Crippen LogP contribution in [0.1, 0.15) is 15.9 Å². The lowest BCUT2D eigenvalue weighted by Crippen LogP contribution is -2.11. The predicted octanol–water partition coefficient (Wildman–Crippen LogP) is 6.32. The van der Waals surface area contributed by atoms with Crippen molar-refractivity contribution in [1.82, 2.24) is 0 Å². The van der Waals surface area contributed by atoms with E-state index in [0.717, 1.165) is 12.1 Å². The van der Waals surface area contributed by atoms with Gasteiger partial charge in [-0.05, 0) is 42.5 Å². The molecule has 3 aromatic rings. The molecule has 0 amide bonds. The number of esters is 1. The van der Waals surface area contributed by atoms with Gasteiger partial charge < -0.3 is 10.1 Å². The number of anilines is 2. The second-order valence-electron chi connectivity index (χ2n) is 5.57. The lowest BCUT2D eigenvalue weighted by Gasteiger charge is -2.13. The molecule has 27 heavy (non-hydrogen) atoms. The van der Waals surface area contributed by atoms with Gasteiger partial charge in [0.1, 0.15) is 5.75 Å². The van der Waals surface area contributed by atoms with E-state index in [4.69, 9.17) is 16.3 Å². The molecule has 0 aliphatic carbocycles. The Hall–Kier alpha value is -2.99. The van der Waals surface area contributed by atoms with E-state index >= 15 is 0 Å². The normalized spacial score (nSPS) is 11.1. The average Bonchev–Trinajstić information content (AvgIpc) is 2.63. The van der Waals surface area contributed by atoms with Gasteiger partial charge in [0.05, 0.1) is 21.8 Å². The molecule has 3 nitrogen and oxygen atoms in total. The van der Waals surface area contributed by atoms with Crippen LogP contribution < -0.4 is 10.1 Å². The Labute approximate surface area is 158 Å². The van der Waals surface area contributed by atoms with Crippen molar-refractivity contribution in [2.75, 3.05) is 5.32 Å². The molecular formula is C20H13ClF3NO2. The Morgan fingerprint density at radius 3 is 2.37 bits per heavy atom. The highest BCUT2D eigenvalue weighted by molar-refractivity contribution is 6.32. The number of ether oxygens (including phenoxy) is 1. The minimum absolute atomic E-state index is 0.162. The van der Waals surface area contributed by atoms with Crippen molar-refractivity contribution >= 4 is 28.9 Å². The Bertz CT molecular complexity index is 973. The zero-order valence-electron chi connectivity index (χ0n) is 13.8. The molecule has 0 aromatic heterocycles. The number of halogens is 4. The van der Waals surface area contributed by atoms with Gasteiger partial charge in [-0.2, -0.15) is 13.2 Å². The fourth-order valence-corrected chi connectivity index (χ4v) is 2.56. The minimum atomic E-state index is -4.46. The topological polar surface area (TPSA) is 38.3 Å². The molecule has 0 aliphatic rings. The third-order valence-corrected chi connectivity index (χ3v) is 3.97. The zero-order valence-corrected chi connectivity index (χ0v) is 14.5. The first-order chi connectivity index (χ1) is 12.8. The van der Waals surface area contributed by atoms with Gasteiger partial charge in [-0.1, -0.05) is 41.9 Å². The van der Waals surface area contributed by atoms with Gasteiger partial charge in [-0.15, -0.1) is 0 Å². The van der Waals surface area contributed by atoms with Crippen LogP contribution >= 0.6 is 11.6 Å². The zero-order chi connectivity index (χ0) is 19.4. The minimum Gasteiger partial charge on any atom is -0.421 e. The van der Waals surface area contributed by atoms with Crippen LogP contribution in [0.15, 0.2) is 72.8 Å². The summed E-state index contributed by atoms with van der Waals surface area (Å²) in [6.07, 6.45) is -4.46. The van der Waals surface area contributed by atoms with E-state index < -0.39 is 17.7 Å². The molecule has 138 valence electrons. The van der Waals surface area contributed by atoms with Crippen molar-refractivity contribution in [2.45, 2.75) is 6.18 Å². The van der Waals surface area contributed by atoms with E-state index in [1.165, 1.54) is 18.2 Å². The van der Waals surface area contributed by atoms with Crippen molar-refractivity contribution in [1.29, 1.82) is 0 Å². The van der Waals surface area contributed by atoms with Gasteiger partial charge >= 0.3 is 12.1 Å². The molecule has 3 rings (SSSR count). The van der Waals surface area contributed by atoms with Crippen molar-refractivity contribution in [2.24, 2.45) is 0 Å². The highest BCUT2D eigenvalue weighted by Gasteiger charge is 2.30. The van der Waals surface area contributed by atoms with E-state index in [-0.39, 0.29) is 22.0 Å². The second kappa shape index (κ2) is 7.72. The summed E-state index contributed by atoms with van der Waals surface area (Å²) in [4.78, 5) is 12.5. The molecule has 0 aliphatic heterocycles. The van der Waals surface area contributed by atoms with E-state index in [1.807, 2.05) is 0 Å². The maximum Gasteiger partial charge on any atom is 0.416 e. The molecule has 0 fully saturated rings. The van der Waals surface area contributed by atoms with Gasteiger partial charge in [-0.3, -0.25) is 0 Å². The summed E-state index contributed by atoms with van der Waals surface area (Å²) in [5.41, 5.74) is -0.116. The van der Waals surface area contributed by atoms with E-state index in [0.29, 0.717) is 5.69 Å². The van der Waals surface area contributed by atoms with Crippen LogP contribution in [0, 0.1) is 0 Å². The number of para-hydroxylation sites is 2. The molecule has 7 heteroatoms. The Balaban J connectivity index is 1.86. The molecular weight excluding hydrogens is 379 g/mol. The van der Waals surface area contributed by atoms with Gasteiger partial charge in [0, 0.05) is 5.69 Å². The summed E-state index contributed by atoms with van der Waals surface area (Å²) in [5.74, 6) is -0.490. The summed E-state index contributed by atoms with van der Waals surface area (Å²) in [6, 6.07) is 17.6. The smallest absolute Gasteiger partial charge is 0.416 e. The van der Waals surface area contributed by atoms with Crippen molar-refractivity contribution in [3.05, 3.63) is 88.9 Å². The SMILES string of the molecule is O=C(Oc1ccccc1Cl)c1ccccc1Nc1cccc(C(F)(F)F)c1. The number of carbonyl (C=O) groups excluding carboxylic acids is 1. The number of carbonyl (C=O) groups is 1. The molecule has 0 radical (unpaired) electrons. The summed E-state index contributed by atoms with van der Waals surface area (Å²) in [5, 5.41) is 3.10. The molecule has 0 heterocycles. The predicted molar refractivity (Wildman–Crippen MR) is 97.6 cm³/mol. The maximum absolute atomic E-state index is 12.9. The van der Waals surface area contributed by atoms with Crippen LogP contribution in [-0.4, -0.2) is 5.97 Å². The Kier molecular flexibility index (Phi) is 5.37. The van der Waals surface area contributed by atoms with E-state index in [2.05, 4.69) is 5.32 Å². The summed E-state index contributed by atoms with van der Waals surface area (Å²) >= 11 is 5.99. The van der Waals surface area contributed by atoms with Crippen LogP contribution in [-0.2, 0) is 6.18 Å². The molecule has 0 spiro atoms. The molecule has 1 N–H and O–H groups in total. The Morgan fingerprint density at radius 1 is 0.926 bits per heavy atom. The summed E-state index contributed by atoms with van der Waals surface area (Å²) in [7, 11) is 0. The first-order valence-electron chi connectivity index (χ1n) is 7.84. The molecule has 3 aromatic carbocycles. The van der Waals surface area contributed by atoms with Crippen molar-refractivity contribution < 1.29 is 22.7 Å². The average molecular weight is 392 g/mol. The fourth-order valence-electron chi connectivity index (χ4n) is 2.38. The van der Waals surface area contributed by atoms with Crippen LogP contribution in [0.5, 0.6) is 5.75 Å². The second-order valence-corrected chi connectivity index (χ2v) is 5.98. The maximum atomic E-state index is 12.9. The lowest BCUT2D eigenvalue weighted by molar-refractivity contribution is -0.137. The molecule has 0 bridgehead atoms. The van der Waals surface area contributed by atoms with E-state index in [1.54, 1.807) is 42.5 Å². The highest BCUT2D eigenvalue weighted by Crippen LogP contribution is 2.32. The fraction of sp³-hybridized carbons (Fsp3) is 0.0500. The van der Waals surface area contributed by atoms with E-state index in [9.17, 15) is 18.0 Å². The van der Waals surface area contributed by atoms with Gasteiger partial charge in [-0.25, -0.2) is 4.79 Å². The van der Waals surface area contributed by atoms with Crippen LogP contribution in [0.25, 0.3) is 0 Å². The molecule has 0 saturated heterocycles. The summed E-state index contributed by atoms with van der Waals surface area (Å²) < 4.78 is 43.9. The van der Waals surface area contributed by atoms with Crippen molar-refractivity contribution in [3.63, 3.8) is 0 Å². The lowest BCUT2D eigenvalue weighted by atomic mass is 10.1. The number of hydrogen-bond donors (Lipinski definition) is 1. The number of nitrogens with one attached hydrogen (secondary N) is 1. The summed E-state index contributed by atoms with van der Waals surface area (Å²) in [6.45, 7) is 0. The Morgan fingerprint density at radius 2 is 1.63 bits per heavy atom. The van der Waals surface area contributed by atoms with Gasteiger partial charge in [0.2, 0.25) is 0 Å². The molecule has 0 atom stereocenters. The van der Waals surface area contributed by atoms with Gasteiger partial charge in [0.25, 0.3) is 0 Å². The van der Waals surface area contributed by atoms with Gasteiger partial charge in [0.15, 0.2) is 0 Å². The van der Waals surface area contributed by atoms with Crippen LogP contribution in [0.2, 0.25) is 5.02 Å². The monoisotopic (exact) mass is 391 g/mol. The van der Waals surface area contributed by atoms with Crippen LogP contribution in [0.4, 0.5) is 24.5 Å². The number of benzene rings is 3. The molecule has 0 unspecified atom stereocenters. The number of rotatable bonds is 4. The highest BCUT2D eigenvalue weighted by atomic mass is 35.5. The third kappa shape index (κ3) is 4.60. The first kappa shape index (κ1) is 18.8. The quantitative estimate of drug-likeness (QED) is 0.417. The molecule has 0 saturated carbocycles. The van der Waals surface area contributed by atoms with Crippen molar-refractivity contribution in [3.8, 4) is 5.75 Å². The third-order valence-electron chi connectivity index (χ3n) is 3.66.